The molecule has 0 aliphatic carbocycles. The normalized spacial score (nSPS) is 11.2. The third-order valence-electron chi connectivity index (χ3n) is 5.69. The Bertz CT molecular complexity index is 1630. The number of para-hydroxylation sites is 1. The number of nitrogens with zero attached hydrogens (tertiary/aromatic N) is 5. The van der Waals surface area contributed by atoms with Gasteiger partial charge >= 0.3 is 0 Å². The minimum absolute atomic E-state index is 0.0336. The lowest BCUT2D eigenvalue weighted by molar-refractivity contribution is 0.102. The molecule has 38 heavy (non-hydrogen) atoms. The second-order valence-electron chi connectivity index (χ2n) is 8.19. The molecule has 3 heterocycles. The van der Waals surface area contributed by atoms with E-state index in [1.165, 1.54) is 35.1 Å². The van der Waals surface area contributed by atoms with Gasteiger partial charge in [0.1, 0.15) is 17.1 Å². The van der Waals surface area contributed by atoms with Gasteiger partial charge in [0.15, 0.2) is 11.3 Å². The third kappa shape index (κ3) is 4.83. The molecular weight excluding hydrogens is 499 g/mol. The molecule has 9 nitrogen and oxygen atoms in total. The summed E-state index contributed by atoms with van der Waals surface area (Å²) in [6.45, 7) is 2.24. The van der Waals surface area contributed by atoms with Gasteiger partial charge in [0.25, 0.3) is 18.2 Å². The molecule has 2 amide bonds. The summed E-state index contributed by atoms with van der Waals surface area (Å²) < 4.78 is 43.5. The lowest BCUT2D eigenvalue weighted by Gasteiger charge is -2.09. The van der Waals surface area contributed by atoms with Crippen molar-refractivity contribution >= 4 is 28.8 Å². The summed E-state index contributed by atoms with van der Waals surface area (Å²) >= 11 is 0. The Labute approximate surface area is 213 Å². The molecule has 2 N–H and O–H groups in total. The number of alkyl halides is 2. The number of fused-ring (bicyclic) bond motifs is 1. The average molecular weight is 519 g/mol. The molecule has 12 heteroatoms. The predicted octanol–water partition coefficient (Wildman–Crippen LogP) is 5.19. The summed E-state index contributed by atoms with van der Waals surface area (Å²) in [7, 11) is 0. The molecule has 0 unspecified atom stereocenters. The topological polar surface area (TPSA) is 106 Å². The second-order valence-corrected chi connectivity index (χ2v) is 8.19. The SMILES string of the molecule is CCn1cc(NC(=O)c2cnn3c(C(F)F)cc(-c4ccc(F)cc4)nc23)c(C(=O)Nc2ccccc2)n1. The Morgan fingerprint density at radius 3 is 2.42 bits per heavy atom. The number of aryl methyl sites for hydroxylation is 1. The third-order valence-corrected chi connectivity index (χ3v) is 5.69. The number of amides is 2. The Kier molecular flexibility index (Phi) is 6.60. The summed E-state index contributed by atoms with van der Waals surface area (Å²) in [5.41, 5.74) is 0.404. The zero-order valence-corrected chi connectivity index (χ0v) is 19.9. The van der Waals surface area contributed by atoms with Crippen LogP contribution in [0.4, 0.5) is 24.5 Å². The number of hydrogen-bond donors (Lipinski definition) is 2. The van der Waals surface area contributed by atoms with Crippen LogP contribution in [0.15, 0.2) is 73.1 Å². The molecule has 3 aromatic heterocycles. The number of carbonyl (C=O) groups excluding carboxylic acids is 2. The average Bonchev–Trinajstić information content (AvgIpc) is 3.53. The standard InChI is InChI=1S/C26H20F3N7O2/c1-2-35-14-20(22(34-35)26(38)31-17-6-4-3-5-7-17)33-25(37)18-13-30-36-21(23(28)29)12-19(32-24(18)36)15-8-10-16(27)11-9-15/h3-14,23H,2H2,1H3,(H,31,38)(H,33,37). The highest BCUT2D eigenvalue weighted by Crippen LogP contribution is 2.27. The highest BCUT2D eigenvalue weighted by atomic mass is 19.3. The smallest absolute Gasteiger partial charge is 0.280 e. The summed E-state index contributed by atoms with van der Waals surface area (Å²) in [5.74, 6) is -1.77. The van der Waals surface area contributed by atoms with Crippen molar-refractivity contribution in [3.05, 3.63) is 95.8 Å². The van der Waals surface area contributed by atoms with Crippen LogP contribution in [0.25, 0.3) is 16.9 Å². The molecule has 192 valence electrons. The number of benzene rings is 2. The Hall–Kier alpha value is -5.00. The molecule has 5 rings (SSSR count). The van der Waals surface area contributed by atoms with Crippen molar-refractivity contribution in [3.8, 4) is 11.3 Å². The van der Waals surface area contributed by atoms with Gasteiger partial charge in [-0.05, 0) is 49.4 Å². The number of aromatic nitrogens is 5. The van der Waals surface area contributed by atoms with Gasteiger partial charge in [-0.1, -0.05) is 18.2 Å². The van der Waals surface area contributed by atoms with E-state index in [0.29, 0.717) is 17.8 Å². The van der Waals surface area contributed by atoms with Crippen LogP contribution in [0.2, 0.25) is 0 Å². The largest absolute Gasteiger partial charge is 0.321 e. The van der Waals surface area contributed by atoms with Crippen LogP contribution in [-0.2, 0) is 6.54 Å². The molecule has 5 aromatic rings. The number of carbonyl (C=O) groups is 2. The first-order valence-corrected chi connectivity index (χ1v) is 11.5. The molecule has 0 atom stereocenters. The van der Waals surface area contributed by atoms with E-state index in [1.54, 1.807) is 30.3 Å². The van der Waals surface area contributed by atoms with E-state index in [-0.39, 0.29) is 28.3 Å². The number of hydrogen-bond acceptors (Lipinski definition) is 5. The van der Waals surface area contributed by atoms with Crippen LogP contribution in [0.5, 0.6) is 0 Å². The molecule has 2 aromatic carbocycles. The van der Waals surface area contributed by atoms with Gasteiger partial charge < -0.3 is 10.6 Å². The fourth-order valence-electron chi connectivity index (χ4n) is 3.81. The van der Waals surface area contributed by atoms with E-state index >= 15 is 0 Å². The van der Waals surface area contributed by atoms with Crippen LogP contribution in [0, 0.1) is 5.82 Å². The van der Waals surface area contributed by atoms with Crippen LogP contribution in [0.3, 0.4) is 0 Å². The van der Waals surface area contributed by atoms with E-state index in [9.17, 15) is 22.8 Å². The van der Waals surface area contributed by atoms with Crippen LogP contribution in [-0.4, -0.2) is 36.2 Å². The van der Waals surface area contributed by atoms with Gasteiger partial charge in [0.2, 0.25) is 0 Å². The Morgan fingerprint density at radius 1 is 1.00 bits per heavy atom. The number of anilines is 2. The molecule has 0 saturated heterocycles. The molecule has 0 radical (unpaired) electrons. The monoisotopic (exact) mass is 519 g/mol. The number of rotatable bonds is 7. The van der Waals surface area contributed by atoms with Gasteiger partial charge in [0, 0.05) is 24.0 Å². The predicted molar refractivity (Wildman–Crippen MR) is 134 cm³/mol. The maximum absolute atomic E-state index is 13.9. The first-order chi connectivity index (χ1) is 18.3. The lowest BCUT2D eigenvalue weighted by Crippen LogP contribution is -2.18. The van der Waals surface area contributed by atoms with Gasteiger partial charge in [-0.15, -0.1) is 0 Å². The Morgan fingerprint density at radius 2 is 1.74 bits per heavy atom. The van der Waals surface area contributed by atoms with E-state index in [2.05, 4.69) is 25.8 Å². The van der Waals surface area contributed by atoms with Crippen LogP contribution < -0.4 is 10.6 Å². The van der Waals surface area contributed by atoms with Crippen LogP contribution >= 0.6 is 0 Å². The summed E-state index contributed by atoms with van der Waals surface area (Å²) in [4.78, 5) is 30.6. The molecular formula is C26H20F3N7O2. The van der Waals surface area contributed by atoms with Crippen molar-refractivity contribution in [2.24, 2.45) is 0 Å². The van der Waals surface area contributed by atoms with Crippen molar-refractivity contribution in [3.63, 3.8) is 0 Å². The minimum Gasteiger partial charge on any atom is -0.321 e. The zero-order valence-electron chi connectivity index (χ0n) is 19.9. The van der Waals surface area contributed by atoms with Crippen molar-refractivity contribution < 1.29 is 22.8 Å². The zero-order chi connectivity index (χ0) is 26.8. The minimum atomic E-state index is -2.92. The Balaban J connectivity index is 1.51. The lowest BCUT2D eigenvalue weighted by atomic mass is 10.1. The van der Waals surface area contributed by atoms with E-state index in [0.717, 1.165) is 16.8 Å². The summed E-state index contributed by atoms with van der Waals surface area (Å²) in [6.07, 6.45) is -0.316. The van der Waals surface area contributed by atoms with Gasteiger partial charge in [-0.3, -0.25) is 14.3 Å². The number of nitrogens with one attached hydrogen (secondary N) is 2. The van der Waals surface area contributed by atoms with E-state index < -0.39 is 29.8 Å². The van der Waals surface area contributed by atoms with Gasteiger partial charge in [-0.2, -0.15) is 10.2 Å². The van der Waals surface area contributed by atoms with Crippen molar-refractivity contribution in [1.82, 2.24) is 24.4 Å². The van der Waals surface area contributed by atoms with E-state index in [1.807, 2.05) is 6.92 Å². The van der Waals surface area contributed by atoms with Crippen LogP contribution in [0.1, 0.15) is 39.9 Å². The maximum atomic E-state index is 13.9. The quantitative estimate of drug-likeness (QED) is 0.308. The second kappa shape index (κ2) is 10.2. The van der Waals surface area contributed by atoms with Gasteiger partial charge in [-0.25, -0.2) is 22.7 Å². The molecule has 0 bridgehead atoms. The molecule has 0 fully saturated rings. The highest BCUT2D eigenvalue weighted by molar-refractivity contribution is 6.13. The first-order valence-electron chi connectivity index (χ1n) is 11.5. The molecule has 0 aliphatic heterocycles. The number of halogens is 3. The summed E-state index contributed by atoms with van der Waals surface area (Å²) in [6, 6.07) is 15.0. The van der Waals surface area contributed by atoms with Gasteiger partial charge in [0.05, 0.1) is 17.6 Å². The first kappa shape index (κ1) is 24.7. The van der Waals surface area contributed by atoms with Crippen molar-refractivity contribution in [2.75, 3.05) is 10.6 Å². The highest BCUT2D eigenvalue weighted by Gasteiger charge is 2.24. The van der Waals surface area contributed by atoms with E-state index in [4.69, 9.17) is 0 Å². The fraction of sp³-hybridized carbons (Fsp3) is 0.115. The maximum Gasteiger partial charge on any atom is 0.280 e. The molecule has 0 aliphatic rings. The summed E-state index contributed by atoms with van der Waals surface area (Å²) in [5, 5.41) is 13.5. The molecule has 0 saturated carbocycles. The van der Waals surface area contributed by atoms with Crippen molar-refractivity contribution in [1.29, 1.82) is 0 Å². The fourth-order valence-corrected chi connectivity index (χ4v) is 3.81. The molecule has 0 spiro atoms. The van der Waals surface area contributed by atoms with Crippen molar-refractivity contribution in [2.45, 2.75) is 19.9 Å².